The number of thiazole rings is 1. The molecule has 1 aromatic carbocycles. The van der Waals surface area contributed by atoms with Crippen molar-refractivity contribution in [2.75, 3.05) is 5.32 Å². The van der Waals surface area contributed by atoms with Crippen LogP contribution in [-0.4, -0.2) is 15.1 Å². The summed E-state index contributed by atoms with van der Waals surface area (Å²) in [5, 5.41) is 4.17. The highest BCUT2D eigenvalue weighted by Gasteiger charge is 2.24. The Morgan fingerprint density at radius 1 is 1.11 bits per heavy atom. The summed E-state index contributed by atoms with van der Waals surface area (Å²) in [6.07, 6.45) is 7.61. The van der Waals surface area contributed by atoms with Crippen LogP contribution in [0.3, 0.4) is 0 Å². The Hall–Kier alpha value is -2.90. The van der Waals surface area contributed by atoms with Crippen LogP contribution in [0.2, 0.25) is 0 Å². The third-order valence-electron chi connectivity index (χ3n) is 4.90. The van der Waals surface area contributed by atoms with Crippen LogP contribution < -0.4 is 5.32 Å². The van der Waals surface area contributed by atoms with Crippen LogP contribution >= 0.6 is 22.9 Å². The molecule has 3 aromatic rings. The van der Waals surface area contributed by atoms with Crippen molar-refractivity contribution >= 4 is 45.2 Å². The van der Waals surface area contributed by atoms with Gasteiger partial charge in [0.1, 0.15) is 34.0 Å². The van der Waals surface area contributed by atoms with Gasteiger partial charge in [-0.05, 0) is 49.3 Å². The maximum atomic E-state index is 14.2. The van der Waals surface area contributed by atoms with Crippen molar-refractivity contribution in [3.63, 3.8) is 0 Å². The van der Waals surface area contributed by atoms with E-state index in [2.05, 4.69) is 49.1 Å². The topological polar surface area (TPSA) is 50.2 Å². The van der Waals surface area contributed by atoms with Crippen LogP contribution in [0.5, 0.6) is 0 Å². The second-order valence-corrected chi connectivity index (χ2v) is 10.5. The van der Waals surface area contributed by atoms with Gasteiger partial charge in [-0.25, -0.2) is 23.7 Å². The van der Waals surface area contributed by atoms with E-state index in [1.807, 2.05) is 12.1 Å². The number of hydrogen-bond donors (Lipinski definition) is 1. The Bertz CT molecular complexity index is 1250. The third kappa shape index (κ3) is 7.05. The molecule has 0 spiro atoms. The minimum atomic E-state index is -0.688. The van der Waals surface area contributed by atoms with E-state index in [1.54, 1.807) is 36.6 Å². The van der Waals surface area contributed by atoms with Gasteiger partial charge in [0, 0.05) is 11.6 Å². The van der Waals surface area contributed by atoms with Crippen molar-refractivity contribution in [1.29, 1.82) is 0 Å². The molecule has 0 unspecified atom stereocenters. The molecule has 8 heteroatoms. The molecule has 0 amide bonds. The maximum absolute atomic E-state index is 14.2. The van der Waals surface area contributed by atoms with Crippen LogP contribution in [0.15, 0.2) is 59.7 Å². The lowest BCUT2D eigenvalue weighted by Crippen LogP contribution is -2.10. The van der Waals surface area contributed by atoms with Gasteiger partial charge >= 0.3 is 0 Å². The summed E-state index contributed by atoms with van der Waals surface area (Å²) in [6, 6.07) is 9.02. The monoisotopic (exact) mass is 514 g/mol. The fourth-order valence-electron chi connectivity index (χ4n) is 3.15. The Kier molecular flexibility index (Phi) is 8.92. The van der Waals surface area contributed by atoms with Crippen molar-refractivity contribution in [3.8, 4) is 11.4 Å². The molecule has 0 bridgehead atoms. The van der Waals surface area contributed by atoms with Gasteiger partial charge in [-0.15, -0.1) is 11.3 Å². The number of nitrogens with one attached hydrogen (secondary N) is 1. The molecule has 0 aliphatic carbocycles. The minimum Gasteiger partial charge on any atom is -0.335 e. The Balaban J connectivity index is 2.12. The summed E-state index contributed by atoms with van der Waals surface area (Å²) in [5.74, 6) is -1.06. The van der Waals surface area contributed by atoms with E-state index in [1.165, 1.54) is 18.2 Å². The molecular formula is C27H29ClF2N4S. The highest BCUT2D eigenvalue weighted by Crippen LogP contribution is 2.39. The van der Waals surface area contributed by atoms with Crippen LogP contribution in [0, 0.1) is 11.6 Å². The highest BCUT2D eigenvalue weighted by atomic mass is 35.5. The Labute approximate surface area is 214 Å². The summed E-state index contributed by atoms with van der Waals surface area (Å²) in [4.78, 5) is 14.7. The number of rotatable bonds is 8. The van der Waals surface area contributed by atoms with Crippen molar-refractivity contribution in [3.05, 3.63) is 76.3 Å². The molecule has 0 fully saturated rings. The molecule has 4 nitrogen and oxygen atoms in total. The quantitative estimate of drug-likeness (QED) is 0.241. The zero-order valence-corrected chi connectivity index (χ0v) is 22.1. The molecule has 1 N–H and O–H groups in total. The number of aliphatic imine (C=N–C) groups is 1. The number of aromatic nitrogens is 2. The molecule has 0 radical (unpaired) electrons. The number of nitrogens with zero attached hydrogens (tertiary/aromatic N) is 3. The number of hydrogen-bond acceptors (Lipinski definition) is 5. The van der Waals surface area contributed by atoms with E-state index in [0.29, 0.717) is 22.4 Å². The molecule has 0 atom stereocenters. The number of halogens is 3. The number of allylic oxidation sites excluding steroid dienone is 3. The number of pyridine rings is 1. The van der Waals surface area contributed by atoms with E-state index in [4.69, 9.17) is 16.6 Å². The third-order valence-corrected chi connectivity index (χ3v) is 6.53. The van der Waals surface area contributed by atoms with Gasteiger partial charge in [-0.1, -0.05) is 63.9 Å². The molecular weight excluding hydrogens is 486 g/mol. The fraction of sp³-hybridized carbons (Fsp3) is 0.296. The van der Waals surface area contributed by atoms with Crippen molar-refractivity contribution in [2.45, 2.75) is 52.9 Å². The fourth-order valence-corrected chi connectivity index (χ4v) is 4.36. The summed E-state index contributed by atoms with van der Waals surface area (Å²) >= 11 is 7.51. The molecule has 0 aliphatic rings. The predicted octanol–water partition coefficient (Wildman–Crippen LogP) is 8.88. The summed E-state index contributed by atoms with van der Waals surface area (Å²) in [7, 11) is 0. The van der Waals surface area contributed by atoms with Gasteiger partial charge in [0.25, 0.3) is 0 Å². The number of benzene rings is 1. The minimum absolute atomic E-state index is 0.172. The SMILES string of the molecule is CCC/C=C(/C=C\N=C(C)Cl)c1sc(C(C)(C)C)nc1-c1cccc(Nc2c(F)cccc2F)n1. The van der Waals surface area contributed by atoms with E-state index < -0.39 is 11.6 Å². The molecule has 184 valence electrons. The highest BCUT2D eigenvalue weighted by molar-refractivity contribution is 7.13. The van der Waals surface area contributed by atoms with Crippen molar-refractivity contribution in [1.82, 2.24) is 9.97 Å². The van der Waals surface area contributed by atoms with E-state index in [9.17, 15) is 8.78 Å². The van der Waals surface area contributed by atoms with Crippen molar-refractivity contribution in [2.24, 2.45) is 4.99 Å². The van der Waals surface area contributed by atoms with Gasteiger partial charge in [-0.2, -0.15) is 0 Å². The van der Waals surface area contributed by atoms with Gasteiger partial charge in [0.15, 0.2) is 0 Å². The normalized spacial score (nSPS) is 13.0. The summed E-state index contributed by atoms with van der Waals surface area (Å²) in [6.45, 7) is 10.2. The first kappa shape index (κ1) is 26.7. The first-order valence-corrected chi connectivity index (χ1v) is 12.6. The van der Waals surface area contributed by atoms with Crippen LogP contribution in [0.25, 0.3) is 17.0 Å². The molecule has 3 rings (SSSR count). The van der Waals surface area contributed by atoms with E-state index >= 15 is 0 Å². The molecule has 0 saturated carbocycles. The smallest absolute Gasteiger partial charge is 0.149 e. The van der Waals surface area contributed by atoms with Crippen molar-refractivity contribution < 1.29 is 8.78 Å². The summed E-state index contributed by atoms with van der Waals surface area (Å²) in [5.41, 5.74) is 1.86. The molecule has 2 heterocycles. The zero-order valence-electron chi connectivity index (χ0n) is 20.5. The van der Waals surface area contributed by atoms with Crippen LogP contribution in [0.1, 0.15) is 57.3 Å². The van der Waals surface area contributed by atoms with Gasteiger partial charge in [-0.3, -0.25) is 0 Å². The standard InChI is InChI=1S/C27H29ClF2N4S/c1-6-7-10-18(15-16-31-17(2)28)25-24(34-26(35-25)27(3,4)5)21-13-9-14-22(32-21)33-23-19(29)11-8-12-20(23)30/h8-16H,6-7H2,1-5H3,(H,32,33)/b16-15-,18-10-,31-17?. The van der Waals surface area contributed by atoms with Crippen LogP contribution in [0.4, 0.5) is 20.3 Å². The zero-order chi connectivity index (χ0) is 25.6. The molecule has 35 heavy (non-hydrogen) atoms. The lowest BCUT2D eigenvalue weighted by molar-refractivity contribution is 0.586. The lowest BCUT2D eigenvalue weighted by Gasteiger charge is -2.13. The Morgan fingerprint density at radius 2 is 1.80 bits per heavy atom. The average molecular weight is 515 g/mol. The second kappa shape index (κ2) is 11.7. The first-order chi connectivity index (χ1) is 16.6. The average Bonchev–Trinajstić information content (AvgIpc) is 3.25. The molecule has 0 saturated heterocycles. The molecule has 0 aliphatic heterocycles. The molecule has 2 aromatic heterocycles. The predicted molar refractivity (Wildman–Crippen MR) is 145 cm³/mol. The second-order valence-electron chi connectivity index (χ2n) is 8.97. The Morgan fingerprint density at radius 3 is 2.43 bits per heavy atom. The van der Waals surface area contributed by atoms with Gasteiger partial charge in [0.05, 0.1) is 15.6 Å². The van der Waals surface area contributed by atoms with E-state index in [-0.39, 0.29) is 11.1 Å². The number of anilines is 2. The lowest BCUT2D eigenvalue weighted by atomic mass is 9.98. The van der Waals surface area contributed by atoms with Gasteiger partial charge in [0.2, 0.25) is 0 Å². The largest absolute Gasteiger partial charge is 0.335 e. The first-order valence-electron chi connectivity index (χ1n) is 11.4. The number of para-hydroxylation sites is 1. The van der Waals surface area contributed by atoms with Gasteiger partial charge < -0.3 is 5.32 Å². The van der Waals surface area contributed by atoms with Crippen LogP contribution in [-0.2, 0) is 5.41 Å². The maximum Gasteiger partial charge on any atom is 0.149 e. The summed E-state index contributed by atoms with van der Waals surface area (Å²) < 4.78 is 28.4. The number of unbranched alkanes of at least 4 members (excludes halogenated alkanes) is 1. The van der Waals surface area contributed by atoms with E-state index in [0.717, 1.165) is 28.3 Å².